The van der Waals surface area contributed by atoms with Gasteiger partial charge in [0.15, 0.2) is 0 Å². The molecule has 3 nitrogen and oxygen atoms in total. The molecule has 0 saturated heterocycles. The topological polar surface area (TPSA) is 35.5 Å². The molecule has 0 fully saturated rings. The minimum Gasteiger partial charge on any atom is -0.431 e. The zero-order valence-corrected chi connectivity index (χ0v) is 9.00. The van der Waals surface area contributed by atoms with E-state index in [-0.39, 0.29) is 12.2 Å². The van der Waals surface area contributed by atoms with E-state index in [9.17, 15) is 4.79 Å². The van der Waals surface area contributed by atoms with E-state index in [1.165, 1.54) is 0 Å². The van der Waals surface area contributed by atoms with Gasteiger partial charge in [0.1, 0.15) is 12.2 Å². The summed E-state index contributed by atoms with van der Waals surface area (Å²) in [4.78, 5) is 11.1. The van der Waals surface area contributed by atoms with Gasteiger partial charge in [-0.1, -0.05) is 20.8 Å². The van der Waals surface area contributed by atoms with Gasteiger partial charge in [-0.3, -0.25) is 0 Å². The lowest BCUT2D eigenvalue weighted by atomic mass is 10.2. The molecule has 1 atom stereocenters. The average Bonchev–Trinajstić information content (AvgIpc) is 2.13. The zero-order chi connectivity index (χ0) is 10.3. The first kappa shape index (κ1) is 12.3. The fourth-order valence-corrected chi connectivity index (χ4v) is 0.867. The van der Waals surface area contributed by atoms with Crippen molar-refractivity contribution in [3.8, 4) is 0 Å². The van der Waals surface area contributed by atoms with E-state index >= 15 is 0 Å². The molecule has 1 unspecified atom stereocenters. The minimum absolute atomic E-state index is 0.00319. The maximum absolute atomic E-state index is 11.1. The molecule has 0 bridgehead atoms. The molecule has 0 aliphatic carbocycles. The highest BCUT2D eigenvalue weighted by atomic mass is 16.7. The summed E-state index contributed by atoms with van der Waals surface area (Å²) in [5.41, 5.74) is 0. The zero-order valence-electron chi connectivity index (χ0n) is 9.00. The maximum atomic E-state index is 11.1. The summed E-state index contributed by atoms with van der Waals surface area (Å²) in [5, 5.41) is 0. The summed E-state index contributed by atoms with van der Waals surface area (Å²) in [7, 11) is 0. The second kappa shape index (κ2) is 6.75. The lowest BCUT2D eigenvalue weighted by Crippen LogP contribution is -2.21. The molecule has 0 aliphatic rings. The largest absolute Gasteiger partial charge is 0.508 e. The molecule has 0 aromatic heterocycles. The molecule has 0 amide bonds. The number of hydrogen-bond acceptors (Lipinski definition) is 3. The van der Waals surface area contributed by atoms with Gasteiger partial charge < -0.3 is 9.47 Å². The number of rotatable bonds is 5. The van der Waals surface area contributed by atoms with Crippen LogP contribution in [0.4, 0.5) is 4.79 Å². The van der Waals surface area contributed by atoms with Crippen molar-refractivity contribution in [3.05, 3.63) is 0 Å². The summed E-state index contributed by atoms with van der Waals surface area (Å²) >= 11 is 0. The SMILES string of the molecule is CCC(C)OC(=O)OC(CC)CC. The van der Waals surface area contributed by atoms with Crippen LogP contribution in [0.1, 0.15) is 47.0 Å². The Hall–Kier alpha value is -0.730. The molecule has 0 heterocycles. The monoisotopic (exact) mass is 188 g/mol. The van der Waals surface area contributed by atoms with Crippen LogP contribution in [0.3, 0.4) is 0 Å². The van der Waals surface area contributed by atoms with Gasteiger partial charge >= 0.3 is 6.16 Å². The summed E-state index contributed by atoms with van der Waals surface area (Å²) in [5.74, 6) is 0. The summed E-state index contributed by atoms with van der Waals surface area (Å²) in [6.07, 6.45) is 1.90. The third-order valence-corrected chi connectivity index (χ3v) is 2.05. The van der Waals surface area contributed by atoms with E-state index < -0.39 is 6.16 Å². The first-order valence-corrected chi connectivity index (χ1v) is 5.01. The highest BCUT2D eigenvalue weighted by Crippen LogP contribution is 2.06. The Labute approximate surface area is 80.4 Å². The lowest BCUT2D eigenvalue weighted by molar-refractivity contribution is 0.000204. The van der Waals surface area contributed by atoms with Crippen LogP contribution in [0.2, 0.25) is 0 Å². The Bertz CT molecular complexity index is 141. The van der Waals surface area contributed by atoms with Crippen molar-refractivity contribution >= 4 is 6.16 Å². The molecule has 0 spiro atoms. The quantitative estimate of drug-likeness (QED) is 0.622. The Balaban J connectivity index is 3.72. The number of carbonyl (C=O) groups excluding carboxylic acids is 1. The molecule has 0 N–H and O–H groups in total. The van der Waals surface area contributed by atoms with Crippen LogP contribution in [0.5, 0.6) is 0 Å². The van der Waals surface area contributed by atoms with Crippen molar-refractivity contribution in [3.63, 3.8) is 0 Å². The molecule has 0 aliphatic heterocycles. The van der Waals surface area contributed by atoms with Gasteiger partial charge in [0.25, 0.3) is 0 Å². The van der Waals surface area contributed by atoms with Gasteiger partial charge in [-0.05, 0) is 26.2 Å². The average molecular weight is 188 g/mol. The summed E-state index contributed by atoms with van der Waals surface area (Å²) in [6, 6.07) is 0. The van der Waals surface area contributed by atoms with Gasteiger partial charge in [-0.15, -0.1) is 0 Å². The normalized spacial score (nSPS) is 12.7. The lowest BCUT2D eigenvalue weighted by Gasteiger charge is -2.16. The van der Waals surface area contributed by atoms with Crippen molar-refractivity contribution in [2.45, 2.75) is 59.2 Å². The van der Waals surface area contributed by atoms with E-state index in [1.54, 1.807) is 0 Å². The van der Waals surface area contributed by atoms with Crippen molar-refractivity contribution in [2.24, 2.45) is 0 Å². The van der Waals surface area contributed by atoms with Crippen molar-refractivity contribution < 1.29 is 14.3 Å². The molecule has 0 aromatic carbocycles. The maximum Gasteiger partial charge on any atom is 0.508 e. The smallest absolute Gasteiger partial charge is 0.431 e. The van der Waals surface area contributed by atoms with Crippen LogP contribution in [-0.4, -0.2) is 18.4 Å². The Morgan fingerprint density at radius 1 is 1.08 bits per heavy atom. The van der Waals surface area contributed by atoms with E-state index in [4.69, 9.17) is 9.47 Å². The number of hydrogen-bond donors (Lipinski definition) is 0. The predicted octanol–water partition coefficient (Wildman–Crippen LogP) is 3.13. The highest BCUT2D eigenvalue weighted by Gasteiger charge is 2.13. The van der Waals surface area contributed by atoms with Crippen LogP contribution >= 0.6 is 0 Å². The van der Waals surface area contributed by atoms with Crippen molar-refractivity contribution in [2.75, 3.05) is 0 Å². The van der Waals surface area contributed by atoms with Gasteiger partial charge in [0.05, 0.1) is 0 Å². The minimum atomic E-state index is -0.539. The van der Waals surface area contributed by atoms with Crippen LogP contribution in [0, 0.1) is 0 Å². The number of ether oxygens (including phenoxy) is 2. The van der Waals surface area contributed by atoms with Gasteiger partial charge in [-0.2, -0.15) is 0 Å². The van der Waals surface area contributed by atoms with Crippen LogP contribution in [0.15, 0.2) is 0 Å². The van der Waals surface area contributed by atoms with E-state index in [1.807, 2.05) is 27.7 Å². The van der Waals surface area contributed by atoms with Crippen molar-refractivity contribution in [1.82, 2.24) is 0 Å². The molecule has 0 rings (SSSR count). The molecule has 0 aromatic rings. The van der Waals surface area contributed by atoms with Gasteiger partial charge in [0, 0.05) is 0 Å². The van der Waals surface area contributed by atoms with E-state index in [0.717, 1.165) is 19.3 Å². The molecule has 3 heteroatoms. The second-order valence-electron chi connectivity index (χ2n) is 3.14. The first-order chi connectivity index (χ1) is 6.13. The van der Waals surface area contributed by atoms with E-state index in [2.05, 4.69) is 0 Å². The van der Waals surface area contributed by atoms with Crippen LogP contribution in [0.25, 0.3) is 0 Å². The first-order valence-electron chi connectivity index (χ1n) is 5.01. The fraction of sp³-hybridized carbons (Fsp3) is 0.900. The third-order valence-electron chi connectivity index (χ3n) is 2.05. The fourth-order valence-electron chi connectivity index (χ4n) is 0.867. The molecule has 0 saturated carbocycles. The molecule has 78 valence electrons. The second-order valence-corrected chi connectivity index (χ2v) is 3.14. The summed E-state index contributed by atoms with van der Waals surface area (Å²) in [6.45, 7) is 7.80. The number of carbonyl (C=O) groups is 1. The summed E-state index contributed by atoms with van der Waals surface area (Å²) < 4.78 is 10.0. The van der Waals surface area contributed by atoms with Crippen LogP contribution in [-0.2, 0) is 9.47 Å². The molecular formula is C10H20O3. The van der Waals surface area contributed by atoms with Crippen LogP contribution < -0.4 is 0 Å². The standard InChI is InChI=1S/C10H20O3/c1-5-8(4)12-10(11)13-9(6-2)7-3/h8-9H,5-7H2,1-4H3. The van der Waals surface area contributed by atoms with E-state index in [0.29, 0.717) is 0 Å². The van der Waals surface area contributed by atoms with Gasteiger partial charge in [0.2, 0.25) is 0 Å². The van der Waals surface area contributed by atoms with Gasteiger partial charge in [-0.25, -0.2) is 4.79 Å². The highest BCUT2D eigenvalue weighted by molar-refractivity contribution is 5.60. The predicted molar refractivity (Wildman–Crippen MR) is 51.7 cm³/mol. The molecule has 0 radical (unpaired) electrons. The molecule has 13 heavy (non-hydrogen) atoms. The molecular weight excluding hydrogens is 168 g/mol. The third kappa shape index (κ3) is 5.50. The van der Waals surface area contributed by atoms with Crippen molar-refractivity contribution in [1.29, 1.82) is 0 Å². The Morgan fingerprint density at radius 3 is 2.00 bits per heavy atom. The Morgan fingerprint density at radius 2 is 1.62 bits per heavy atom. The Kier molecular flexibility index (Phi) is 6.37.